The van der Waals surface area contributed by atoms with Crippen LogP contribution in [0, 0.1) is 0 Å². The molecule has 0 heterocycles. The SMILES string of the molecule is O=C(O)CO/N=C/c1c2ccccc2cc2ccccc12. The van der Waals surface area contributed by atoms with Crippen molar-refractivity contribution in [1.82, 2.24) is 0 Å². The van der Waals surface area contributed by atoms with Crippen LogP contribution in [-0.4, -0.2) is 23.9 Å². The largest absolute Gasteiger partial charge is 0.479 e. The Labute approximate surface area is 121 Å². The Balaban J connectivity index is 2.13. The molecule has 4 nitrogen and oxygen atoms in total. The maximum Gasteiger partial charge on any atom is 0.344 e. The van der Waals surface area contributed by atoms with Crippen molar-refractivity contribution in [3.63, 3.8) is 0 Å². The fourth-order valence-corrected chi connectivity index (χ4v) is 2.37. The van der Waals surface area contributed by atoms with Crippen molar-refractivity contribution in [3.8, 4) is 0 Å². The topological polar surface area (TPSA) is 58.9 Å². The van der Waals surface area contributed by atoms with E-state index in [1.54, 1.807) is 6.21 Å². The van der Waals surface area contributed by atoms with Crippen LogP contribution in [0.3, 0.4) is 0 Å². The Morgan fingerprint density at radius 2 is 1.62 bits per heavy atom. The molecule has 0 saturated heterocycles. The monoisotopic (exact) mass is 279 g/mol. The van der Waals surface area contributed by atoms with Gasteiger partial charge in [-0.15, -0.1) is 0 Å². The number of rotatable bonds is 4. The van der Waals surface area contributed by atoms with Gasteiger partial charge in [-0.2, -0.15) is 0 Å². The van der Waals surface area contributed by atoms with Gasteiger partial charge in [0, 0.05) is 5.56 Å². The van der Waals surface area contributed by atoms with Crippen LogP contribution in [0.2, 0.25) is 0 Å². The summed E-state index contributed by atoms with van der Waals surface area (Å²) >= 11 is 0. The van der Waals surface area contributed by atoms with Crippen LogP contribution in [0.15, 0.2) is 59.8 Å². The van der Waals surface area contributed by atoms with Crippen LogP contribution in [-0.2, 0) is 9.63 Å². The van der Waals surface area contributed by atoms with Gasteiger partial charge in [0.15, 0.2) is 0 Å². The van der Waals surface area contributed by atoms with E-state index in [9.17, 15) is 4.79 Å². The highest BCUT2D eigenvalue weighted by molar-refractivity contribution is 6.13. The zero-order valence-electron chi connectivity index (χ0n) is 11.2. The van der Waals surface area contributed by atoms with E-state index in [1.807, 2.05) is 48.5 Å². The first kappa shape index (κ1) is 13.1. The molecule has 0 fully saturated rings. The molecule has 0 aliphatic heterocycles. The lowest BCUT2D eigenvalue weighted by Gasteiger charge is -2.07. The summed E-state index contributed by atoms with van der Waals surface area (Å²) in [4.78, 5) is 15.2. The zero-order valence-corrected chi connectivity index (χ0v) is 11.2. The number of hydrogen-bond donors (Lipinski definition) is 1. The van der Waals surface area contributed by atoms with Crippen molar-refractivity contribution in [1.29, 1.82) is 0 Å². The van der Waals surface area contributed by atoms with Crippen LogP contribution in [0.1, 0.15) is 5.56 Å². The molecule has 0 aromatic heterocycles. The summed E-state index contributed by atoms with van der Waals surface area (Å²) in [5.74, 6) is -1.05. The van der Waals surface area contributed by atoms with Gasteiger partial charge < -0.3 is 9.94 Å². The molecule has 0 aliphatic carbocycles. The van der Waals surface area contributed by atoms with Crippen molar-refractivity contribution < 1.29 is 14.7 Å². The van der Waals surface area contributed by atoms with Crippen LogP contribution < -0.4 is 0 Å². The predicted octanol–water partition coefficient (Wildman–Crippen LogP) is 3.43. The summed E-state index contributed by atoms with van der Waals surface area (Å²) in [5.41, 5.74) is 0.925. The van der Waals surface area contributed by atoms with Gasteiger partial charge in [-0.05, 0) is 27.6 Å². The van der Waals surface area contributed by atoms with Crippen molar-refractivity contribution in [2.75, 3.05) is 6.61 Å². The summed E-state index contributed by atoms with van der Waals surface area (Å²) in [7, 11) is 0. The number of oxime groups is 1. The lowest BCUT2D eigenvalue weighted by molar-refractivity contribution is -0.142. The normalized spacial score (nSPS) is 11.2. The van der Waals surface area contributed by atoms with Crippen molar-refractivity contribution in [2.24, 2.45) is 5.16 Å². The maximum atomic E-state index is 10.4. The third-order valence-electron chi connectivity index (χ3n) is 3.26. The summed E-state index contributed by atoms with van der Waals surface area (Å²) in [5, 5.41) is 16.7. The van der Waals surface area contributed by atoms with Crippen molar-refractivity contribution >= 4 is 33.7 Å². The van der Waals surface area contributed by atoms with Gasteiger partial charge in [0.25, 0.3) is 0 Å². The molecule has 0 bridgehead atoms. The second-order valence-corrected chi connectivity index (χ2v) is 4.63. The molecule has 4 heteroatoms. The van der Waals surface area contributed by atoms with Crippen LogP contribution >= 0.6 is 0 Å². The Morgan fingerprint density at radius 3 is 2.19 bits per heavy atom. The van der Waals surface area contributed by atoms with Gasteiger partial charge in [-0.1, -0.05) is 53.7 Å². The Hall–Kier alpha value is -2.88. The van der Waals surface area contributed by atoms with E-state index in [-0.39, 0.29) is 0 Å². The third-order valence-corrected chi connectivity index (χ3v) is 3.26. The van der Waals surface area contributed by atoms with E-state index in [0.717, 1.165) is 27.1 Å². The maximum absolute atomic E-state index is 10.4. The Bertz CT molecular complexity index is 786. The Kier molecular flexibility index (Phi) is 3.51. The van der Waals surface area contributed by atoms with Crippen LogP contribution in [0.25, 0.3) is 21.5 Å². The highest BCUT2D eigenvalue weighted by Crippen LogP contribution is 2.27. The number of carboxylic acid groups (broad SMARTS) is 1. The van der Waals surface area contributed by atoms with Gasteiger partial charge in [0.1, 0.15) is 0 Å². The second-order valence-electron chi connectivity index (χ2n) is 4.63. The first-order valence-electron chi connectivity index (χ1n) is 6.53. The third kappa shape index (κ3) is 2.69. The van der Waals surface area contributed by atoms with Crippen LogP contribution in [0.4, 0.5) is 0 Å². The molecule has 1 N–H and O–H groups in total. The number of carbonyl (C=O) groups is 1. The van der Waals surface area contributed by atoms with E-state index >= 15 is 0 Å². The highest BCUT2D eigenvalue weighted by Gasteiger charge is 2.05. The number of carboxylic acids is 1. The van der Waals surface area contributed by atoms with E-state index in [0.29, 0.717) is 0 Å². The molecule has 0 saturated carbocycles. The molecule has 3 rings (SSSR count). The van der Waals surface area contributed by atoms with Crippen molar-refractivity contribution in [3.05, 3.63) is 60.2 Å². The van der Waals surface area contributed by atoms with Gasteiger partial charge in [-0.25, -0.2) is 4.79 Å². The first-order valence-corrected chi connectivity index (χ1v) is 6.53. The lowest BCUT2D eigenvalue weighted by Crippen LogP contribution is -2.03. The molecule has 0 radical (unpaired) electrons. The second kappa shape index (κ2) is 5.63. The number of hydrogen-bond acceptors (Lipinski definition) is 3. The molecular formula is C17H13NO3. The van der Waals surface area contributed by atoms with Gasteiger partial charge in [0.2, 0.25) is 6.61 Å². The lowest BCUT2D eigenvalue weighted by atomic mass is 9.97. The minimum absolute atomic E-state index is 0.445. The highest BCUT2D eigenvalue weighted by atomic mass is 16.6. The standard InChI is InChI=1S/C17H13NO3/c19-17(20)11-21-18-10-16-14-7-3-1-5-12(14)9-13-6-2-4-8-15(13)16/h1-10H,11H2,(H,19,20)/b18-10+. The minimum Gasteiger partial charge on any atom is -0.479 e. The quantitative estimate of drug-likeness (QED) is 0.452. The predicted molar refractivity (Wildman–Crippen MR) is 82.6 cm³/mol. The van der Waals surface area contributed by atoms with E-state index < -0.39 is 12.6 Å². The molecule has 0 atom stereocenters. The molecule has 3 aromatic rings. The molecule has 0 aliphatic rings. The first-order chi connectivity index (χ1) is 10.3. The van der Waals surface area contributed by atoms with Gasteiger partial charge in [0.05, 0.1) is 6.21 Å². The van der Waals surface area contributed by atoms with E-state index in [4.69, 9.17) is 9.94 Å². The molecule has 21 heavy (non-hydrogen) atoms. The number of benzene rings is 3. The summed E-state index contributed by atoms with van der Waals surface area (Å²) in [6, 6.07) is 18.1. The minimum atomic E-state index is -1.05. The molecule has 104 valence electrons. The van der Waals surface area contributed by atoms with Crippen LogP contribution in [0.5, 0.6) is 0 Å². The molecular weight excluding hydrogens is 266 g/mol. The van der Waals surface area contributed by atoms with Crippen molar-refractivity contribution in [2.45, 2.75) is 0 Å². The summed E-state index contributed by atoms with van der Waals surface area (Å²) in [6.07, 6.45) is 1.58. The summed E-state index contributed by atoms with van der Waals surface area (Å²) < 4.78 is 0. The summed E-state index contributed by atoms with van der Waals surface area (Å²) in [6.45, 7) is -0.445. The van der Waals surface area contributed by atoms with Gasteiger partial charge >= 0.3 is 5.97 Å². The van der Waals surface area contributed by atoms with Gasteiger partial charge in [-0.3, -0.25) is 0 Å². The molecule has 3 aromatic carbocycles. The fraction of sp³-hybridized carbons (Fsp3) is 0.0588. The fourth-order valence-electron chi connectivity index (χ4n) is 2.37. The number of aliphatic carboxylic acids is 1. The molecule has 0 amide bonds. The van der Waals surface area contributed by atoms with E-state index in [1.165, 1.54) is 0 Å². The molecule has 0 unspecified atom stereocenters. The zero-order chi connectivity index (χ0) is 14.7. The number of fused-ring (bicyclic) bond motifs is 2. The average molecular weight is 279 g/mol. The Morgan fingerprint density at radius 1 is 1.05 bits per heavy atom. The number of nitrogens with zero attached hydrogens (tertiary/aromatic N) is 1. The average Bonchev–Trinajstić information content (AvgIpc) is 2.50. The molecule has 0 spiro atoms. The van der Waals surface area contributed by atoms with E-state index in [2.05, 4.69) is 11.2 Å². The smallest absolute Gasteiger partial charge is 0.344 e.